The monoisotopic (exact) mass is 316 g/mol. The number of hydrogen-bond donors (Lipinski definition) is 2. The molecule has 21 heavy (non-hydrogen) atoms. The number of nitrogens with one attached hydrogen (secondary N) is 2. The highest BCUT2D eigenvalue weighted by Crippen LogP contribution is 2.26. The van der Waals surface area contributed by atoms with Gasteiger partial charge < -0.3 is 5.32 Å². The number of carbonyl (C=O) groups is 2. The van der Waals surface area contributed by atoms with Gasteiger partial charge in [-0.1, -0.05) is 0 Å². The van der Waals surface area contributed by atoms with Gasteiger partial charge >= 0.3 is 6.03 Å². The number of imide groups is 1. The normalized spacial score (nSPS) is 12.7. The van der Waals surface area contributed by atoms with Crippen molar-refractivity contribution in [3.63, 3.8) is 0 Å². The molecule has 0 aliphatic carbocycles. The number of amides is 3. The number of hydrogen-bond acceptors (Lipinski definition) is 3. The highest BCUT2D eigenvalue weighted by Gasteiger charge is 2.21. The van der Waals surface area contributed by atoms with Crippen molar-refractivity contribution in [3.05, 3.63) is 29.8 Å². The maximum Gasteiger partial charge on any atom is 0.321 e. The van der Waals surface area contributed by atoms with Crippen LogP contribution in [0.4, 0.5) is 13.6 Å². The number of carbonyl (C=O) groups excluding carboxylic acids is 2. The van der Waals surface area contributed by atoms with Crippen LogP contribution in [0.2, 0.25) is 0 Å². The Morgan fingerprint density at radius 1 is 1.24 bits per heavy atom. The van der Waals surface area contributed by atoms with Gasteiger partial charge in [0.2, 0.25) is 5.91 Å². The molecule has 4 nitrogen and oxygen atoms in total. The fourth-order valence-electron chi connectivity index (χ4n) is 1.40. The first-order valence-corrected chi connectivity index (χ1v) is 7.21. The Balaban J connectivity index is 2.61. The summed E-state index contributed by atoms with van der Waals surface area (Å²) in [4.78, 5) is 23.5. The highest BCUT2D eigenvalue weighted by molar-refractivity contribution is 8.00. The van der Waals surface area contributed by atoms with Crippen LogP contribution in [0.1, 0.15) is 27.7 Å². The van der Waals surface area contributed by atoms with Crippen LogP contribution in [0, 0.1) is 11.6 Å². The summed E-state index contributed by atoms with van der Waals surface area (Å²) in [5.74, 6) is -1.97. The Labute approximate surface area is 126 Å². The quantitative estimate of drug-likeness (QED) is 0.843. The van der Waals surface area contributed by atoms with Crippen LogP contribution in [0.3, 0.4) is 0 Å². The average molecular weight is 316 g/mol. The molecule has 0 aliphatic heterocycles. The SMILES string of the molecule is C[C@@H](Sc1ccc(F)cc1F)C(=O)NC(=O)NC(C)(C)C. The predicted octanol–water partition coefficient (Wildman–Crippen LogP) is 3.07. The Hall–Kier alpha value is -1.63. The van der Waals surface area contributed by atoms with Gasteiger partial charge in [-0.15, -0.1) is 11.8 Å². The van der Waals surface area contributed by atoms with E-state index in [-0.39, 0.29) is 4.90 Å². The van der Waals surface area contributed by atoms with Crippen LogP contribution < -0.4 is 10.6 Å². The molecule has 116 valence electrons. The van der Waals surface area contributed by atoms with Gasteiger partial charge in [0, 0.05) is 16.5 Å². The lowest BCUT2D eigenvalue weighted by molar-refractivity contribution is -0.119. The second kappa shape index (κ2) is 6.89. The summed E-state index contributed by atoms with van der Waals surface area (Å²) in [7, 11) is 0. The lowest BCUT2D eigenvalue weighted by atomic mass is 10.1. The van der Waals surface area contributed by atoms with E-state index in [0.717, 1.165) is 23.9 Å². The summed E-state index contributed by atoms with van der Waals surface area (Å²) in [6, 6.07) is 2.51. The molecular formula is C14H18F2N2O2S. The molecule has 0 radical (unpaired) electrons. The molecule has 2 N–H and O–H groups in total. The molecule has 0 aliphatic rings. The van der Waals surface area contributed by atoms with E-state index in [0.29, 0.717) is 0 Å². The fourth-order valence-corrected chi connectivity index (χ4v) is 2.27. The molecule has 0 unspecified atom stereocenters. The van der Waals surface area contributed by atoms with Gasteiger partial charge in [-0.25, -0.2) is 13.6 Å². The van der Waals surface area contributed by atoms with E-state index >= 15 is 0 Å². The maximum absolute atomic E-state index is 13.5. The largest absolute Gasteiger partial charge is 0.333 e. The van der Waals surface area contributed by atoms with Crippen molar-refractivity contribution in [2.75, 3.05) is 0 Å². The molecule has 0 aromatic heterocycles. The van der Waals surface area contributed by atoms with E-state index in [9.17, 15) is 18.4 Å². The first-order chi connectivity index (χ1) is 9.58. The first-order valence-electron chi connectivity index (χ1n) is 6.33. The molecule has 0 fully saturated rings. The molecule has 1 aromatic carbocycles. The summed E-state index contributed by atoms with van der Waals surface area (Å²) in [5.41, 5.74) is -0.468. The number of urea groups is 1. The molecule has 0 spiro atoms. The van der Waals surface area contributed by atoms with Crippen molar-refractivity contribution in [2.24, 2.45) is 0 Å². The van der Waals surface area contributed by atoms with Crippen LogP contribution in [-0.4, -0.2) is 22.7 Å². The van der Waals surface area contributed by atoms with Crippen LogP contribution in [0.5, 0.6) is 0 Å². The van der Waals surface area contributed by atoms with Gasteiger partial charge in [-0.3, -0.25) is 10.1 Å². The lowest BCUT2D eigenvalue weighted by Gasteiger charge is -2.21. The van der Waals surface area contributed by atoms with E-state index in [1.54, 1.807) is 20.8 Å². The minimum atomic E-state index is -0.737. The van der Waals surface area contributed by atoms with E-state index in [4.69, 9.17) is 0 Å². The van der Waals surface area contributed by atoms with Crippen LogP contribution in [0.25, 0.3) is 0 Å². The molecule has 0 saturated carbocycles. The van der Waals surface area contributed by atoms with Crippen molar-refractivity contribution < 1.29 is 18.4 Å². The number of benzene rings is 1. The van der Waals surface area contributed by atoms with Gasteiger partial charge in [0.25, 0.3) is 0 Å². The van der Waals surface area contributed by atoms with Crippen molar-refractivity contribution in [1.29, 1.82) is 0 Å². The average Bonchev–Trinajstić information content (AvgIpc) is 2.29. The third kappa shape index (κ3) is 6.12. The zero-order valence-corrected chi connectivity index (χ0v) is 13.1. The fraction of sp³-hybridized carbons (Fsp3) is 0.429. The number of rotatable bonds is 3. The summed E-state index contributed by atoms with van der Waals surface area (Å²) in [6.07, 6.45) is 0. The minimum absolute atomic E-state index is 0.148. The number of thioether (sulfide) groups is 1. The number of halogens is 2. The molecule has 7 heteroatoms. The van der Waals surface area contributed by atoms with Crippen molar-refractivity contribution in [3.8, 4) is 0 Å². The Kier molecular flexibility index (Phi) is 5.71. The van der Waals surface area contributed by atoms with Crippen molar-refractivity contribution in [2.45, 2.75) is 43.4 Å². The van der Waals surface area contributed by atoms with Crippen LogP contribution in [-0.2, 0) is 4.79 Å². The van der Waals surface area contributed by atoms with Crippen LogP contribution in [0.15, 0.2) is 23.1 Å². The Morgan fingerprint density at radius 3 is 2.38 bits per heavy atom. The van der Waals surface area contributed by atoms with Gasteiger partial charge in [0.05, 0.1) is 5.25 Å². The molecule has 0 bridgehead atoms. The Bertz CT molecular complexity index is 544. The zero-order chi connectivity index (χ0) is 16.2. The molecule has 0 heterocycles. The van der Waals surface area contributed by atoms with Gasteiger partial charge in [-0.05, 0) is 39.8 Å². The van der Waals surface area contributed by atoms with E-state index in [2.05, 4.69) is 10.6 Å². The molecule has 1 aromatic rings. The summed E-state index contributed by atoms with van der Waals surface area (Å²) in [6.45, 7) is 6.88. The summed E-state index contributed by atoms with van der Waals surface area (Å²) < 4.78 is 26.3. The standard InChI is InChI=1S/C14H18F2N2O2S/c1-8(12(19)17-13(20)18-14(2,3)4)21-11-6-5-9(15)7-10(11)16/h5-8H,1-4H3,(H2,17,18,19,20)/t8-/m1/s1. The second-order valence-corrected chi connectivity index (χ2v) is 6.91. The van der Waals surface area contributed by atoms with Crippen LogP contribution >= 0.6 is 11.8 Å². The van der Waals surface area contributed by atoms with Gasteiger partial charge in [-0.2, -0.15) is 0 Å². The summed E-state index contributed by atoms with van der Waals surface area (Å²) in [5, 5.41) is 4.07. The third-order valence-electron chi connectivity index (χ3n) is 2.29. The maximum atomic E-state index is 13.5. The van der Waals surface area contributed by atoms with E-state index in [1.807, 2.05) is 0 Å². The van der Waals surface area contributed by atoms with Crippen molar-refractivity contribution >= 4 is 23.7 Å². The lowest BCUT2D eigenvalue weighted by Crippen LogP contribution is -2.49. The summed E-state index contributed by atoms with van der Waals surface area (Å²) >= 11 is 0.913. The third-order valence-corrected chi connectivity index (χ3v) is 3.44. The minimum Gasteiger partial charge on any atom is -0.333 e. The van der Waals surface area contributed by atoms with E-state index < -0.39 is 34.4 Å². The molecule has 0 saturated heterocycles. The molecule has 3 amide bonds. The first kappa shape index (κ1) is 17.4. The zero-order valence-electron chi connectivity index (χ0n) is 12.3. The predicted molar refractivity (Wildman–Crippen MR) is 78.1 cm³/mol. The topological polar surface area (TPSA) is 58.2 Å². The smallest absolute Gasteiger partial charge is 0.321 e. The molecule has 1 atom stereocenters. The Morgan fingerprint density at radius 2 is 1.86 bits per heavy atom. The van der Waals surface area contributed by atoms with Crippen molar-refractivity contribution in [1.82, 2.24) is 10.6 Å². The van der Waals surface area contributed by atoms with E-state index in [1.165, 1.54) is 13.0 Å². The second-order valence-electron chi connectivity index (χ2n) is 5.53. The highest BCUT2D eigenvalue weighted by atomic mass is 32.2. The molecular weight excluding hydrogens is 298 g/mol. The molecule has 1 rings (SSSR count). The van der Waals surface area contributed by atoms with Gasteiger partial charge in [0.1, 0.15) is 11.6 Å². The van der Waals surface area contributed by atoms with Gasteiger partial charge in [0.15, 0.2) is 0 Å².